The Labute approximate surface area is 239 Å². The van der Waals surface area contributed by atoms with Gasteiger partial charge in [0, 0.05) is 34.2 Å². The maximum atomic E-state index is 4.99. The number of likely N-dealkylation sites (N-methyl/N-ethyl adjacent to an activating group) is 1. The van der Waals surface area contributed by atoms with Crippen LogP contribution in [0.3, 0.4) is 0 Å². The molecule has 0 saturated heterocycles. The molecule has 0 unspecified atom stereocenters. The third-order valence-electron chi connectivity index (χ3n) is 2.51. The molecule has 0 aliphatic rings. The Balaban J connectivity index is -0.000000602. The molecule has 13 heteroatoms. The smallest absolute Gasteiger partial charge is 0.411 e. The van der Waals surface area contributed by atoms with Gasteiger partial charge in [-0.15, -0.1) is 0 Å². The predicted octanol–water partition coefficient (Wildman–Crippen LogP) is -8.49. The van der Waals surface area contributed by atoms with Crippen molar-refractivity contribution in [3.05, 3.63) is 0 Å². The van der Waals surface area contributed by atoms with Crippen LogP contribution in [0.5, 0.6) is 0 Å². The van der Waals surface area contributed by atoms with Crippen LogP contribution >= 0.6 is 36.7 Å². The molecule has 116 valence electrons. The van der Waals surface area contributed by atoms with Crippen LogP contribution in [0.1, 0.15) is 0 Å². The summed E-state index contributed by atoms with van der Waals surface area (Å²) in [6.07, 6.45) is 0. The molecular formula is C10H17N4Na3S6. The fourth-order valence-corrected chi connectivity index (χ4v) is 1.70. The quantitative estimate of drug-likeness (QED) is 0.159. The summed E-state index contributed by atoms with van der Waals surface area (Å²) in [6, 6.07) is 0. The van der Waals surface area contributed by atoms with Crippen molar-refractivity contribution in [1.29, 1.82) is 0 Å². The molecule has 0 atom stereocenters. The molecule has 0 fully saturated rings. The van der Waals surface area contributed by atoms with Gasteiger partial charge in [0.05, 0.1) is 13.3 Å². The van der Waals surface area contributed by atoms with Crippen LogP contribution in [0, 0.1) is 0 Å². The molecule has 0 rings (SSSR count). The zero-order valence-electron chi connectivity index (χ0n) is 14.6. The second-order valence-corrected chi connectivity index (χ2v) is 7.39. The summed E-state index contributed by atoms with van der Waals surface area (Å²) < 4.78 is 1.29. The van der Waals surface area contributed by atoms with Gasteiger partial charge in [0.2, 0.25) is 0 Å². The van der Waals surface area contributed by atoms with Crippen molar-refractivity contribution in [2.75, 3.05) is 47.6 Å². The summed E-state index contributed by atoms with van der Waals surface area (Å²) in [4.78, 5) is 7.60. The summed E-state index contributed by atoms with van der Waals surface area (Å²) in [5, 5.41) is 0. The average Bonchev–Trinajstić information content (AvgIpc) is 2.34. The number of hydrogen-bond acceptors (Lipinski definition) is 7. The average molecular weight is 455 g/mol. The van der Waals surface area contributed by atoms with E-state index in [9.17, 15) is 0 Å². The monoisotopic (exact) mass is 454 g/mol. The molecule has 0 amide bonds. The fourth-order valence-electron chi connectivity index (χ4n) is 1.28. The minimum atomic E-state index is 0. The first-order valence-corrected chi connectivity index (χ1v) is 8.08. The molecule has 0 radical (unpaired) electrons. The van der Waals surface area contributed by atoms with E-state index in [1.54, 1.807) is 0 Å². The van der Waals surface area contributed by atoms with E-state index >= 15 is 0 Å². The SMILES string of the molecule is CN(CCN(CN(C)C(=S)[S-])CN(C)C(=S)[S-])C(=S)[S-].[Na+].[Na+].[Na+]. The van der Waals surface area contributed by atoms with Gasteiger partial charge < -0.3 is 89.2 Å². The van der Waals surface area contributed by atoms with Gasteiger partial charge in [0.25, 0.3) is 0 Å². The Morgan fingerprint density at radius 3 is 1.22 bits per heavy atom. The van der Waals surface area contributed by atoms with E-state index in [1.807, 2.05) is 35.8 Å². The normalized spacial score (nSPS) is 8.87. The van der Waals surface area contributed by atoms with Crippen LogP contribution in [-0.4, -0.2) is 80.1 Å². The summed E-state index contributed by atoms with van der Waals surface area (Å²) in [7, 11) is 5.59. The van der Waals surface area contributed by atoms with Crippen LogP contribution in [0.15, 0.2) is 0 Å². The van der Waals surface area contributed by atoms with Gasteiger partial charge in [-0.1, -0.05) is 13.0 Å². The van der Waals surface area contributed by atoms with Gasteiger partial charge >= 0.3 is 88.7 Å². The number of hydrogen-bond donors (Lipinski definition) is 0. The predicted molar refractivity (Wildman–Crippen MR) is 104 cm³/mol. The third kappa shape index (κ3) is 17.1. The van der Waals surface area contributed by atoms with Crippen molar-refractivity contribution in [2.45, 2.75) is 0 Å². The molecule has 0 aromatic carbocycles. The van der Waals surface area contributed by atoms with Gasteiger partial charge in [-0.2, -0.15) is 0 Å². The summed E-state index contributed by atoms with van der Waals surface area (Å²) >= 11 is 29.9. The molecule has 4 nitrogen and oxygen atoms in total. The first kappa shape index (κ1) is 33.8. The maximum absolute atomic E-state index is 4.99. The van der Waals surface area contributed by atoms with E-state index in [1.165, 1.54) is 0 Å². The molecule has 0 aliphatic heterocycles. The number of rotatable bonds is 7. The van der Waals surface area contributed by atoms with Crippen molar-refractivity contribution >= 4 is 87.5 Å². The zero-order valence-corrected chi connectivity index (χ0v) is 25.5. The van der Waals surface area contributed by atoms with Crippen LogP contribution in [0.2, 0.25) is 0 Å². The molecule has 0 heterocycles. The Hall–Kier alpha value is 3.29. The molecule has 0 bridgehead atoms. The van der Waals surface area contributed by atoms with Crippen LogP contribution in [0.4, 0.5) is 0 Å². The van der Waals surface area contributed by atoms with Crippen molar-refractivity contribution in [1.82, 2.24) is 19.6 Å². The van der Waals surface area contributed by atoms with Gasteiger partial charge in [0.1, 0.15) is 0 Å². The number of thiocarbonyl (C=S) groups is 3. The van der Waals surface area contributed by atoms with Crippen LogP contribution in [-0.2, 0) is 37.9 Å². The molecule has 0 N–H and O–H groups in total. The first-order valence-electron chi connectivity index (χ1n) is 5.63. The maximum Gasteiger partial charge on any atom is 1.00 e. The Kier molecular flexibility index (Phi) is 27.4. The van der Waals surface area contributed by atoms with E-state index in [4.69, 9.17) is 74.5 Å². The van der Waals surface area contributed by atoms with E-state index in [-0.39, 0.29) is 88.7 Å². The summed E-state index contributed by atoms with van der Waals surface area (Å²) in [5.74, 6) is 0. The minimum Gasteiger partial charge on any atom is -0.411 e. The second kappa shape index (κ2) is 18.6. The molecule has 23 heavy (non-hydrogen) atoms. The standard InChI is InChI=1S/C10H20N4S6.3Na/c1-11(8(15)16)4-5-14(6-12(2)9(17)18)7-13(3)10(19)20;;;/h4-7H2,1-3H3,(H,15,16)(H,17,18)(H,19,20);;;/q;3*+1/p-3. The topological polar surface area (TPSA) is 13.0 Å². The van der Waals surface area contributed by atoms with E-state index in [0.717, 1.165) is 13.1 Å². The molecule has 0 aromatic heterocycles. The number of nitrogens with zero attached hydrogens (tertiary/aromatic N) is 4. The Bertz CT molecular complexity index is 355. The van der Waals surface area contributed by atoms with Crippen molar-refractivity contribution in [2.24, 2.45) is 0 Å². The van der Waals surface area contributed by atoms with Crippen LogP contribution < -0.4 is 88.7 Å². The van der Waals surface area contributed by atoms with Gasteiger partial charge in [0.15, 0.2) is 0 Å². The first-order chi connectivity index (χ1) is 9.15. The summed E-state index contributed by atoms with van der Waals surface area (Å²) in [6.45, 7) is 2.67. The van der Waals surface area contributed by atoms with Crippen molar-refractivity contribution < 1.29 is 88.7 Å². The minimum absolute atomic E-state index is 0. The van der Waals surface area contributed by atoms with Gasteiger partial charge in [-0.3, -0.25) is 4.90 Å². The molecule has 0 spiro atoms. The fraction of sp³-hybridized carbons (Fsp3) is 0.700. The second-order valence-electron chi connectivity index (χ2n) is 4.29. The summed E-state index contributed by atoms with van der Waals surface area (Å²) in [5.41, 5.74) is 0. The van der Waals surface area contributed by atoms with Gasteiger partial charge in [-0.25, -0.2) is 0 Å². The Morgan fingerprint density at radius 1 is 0.652 bits per heavy atom. The van der Waals surface area contributed by atoms with Gasteiger partial charge in [-0.05, 0) is 0 Å². The third-order valence-corrected chi connectivity index (χ3v) is 4.38. The molecule has 0 aliphatic carbocycles. The Morgan fingerprint density at radius 2 is 0.957 bits per heavy atom. The molecule has 0 saturated carbocycles. The van der Waals surface area contributed by atoms with Crippen molar-refractivity contribution in [3.63, 3.8) is 0 Å². The van der Waals surface area contributed by atoms with E-state index in [2.05, 4.69) is 4.90 Å². The van der Waals surface area contributed by atoms with Crippen LogP contribution in [0.25, 0.3) is 0 Å². The molecular weight excluding hydrogens is 438 g/mol. The zero-order chi connectivity index (χ0) is 15.9. The van der Waals surface area contributed by atoms with Crippen molar-refractivity contribution in [3.8, 4) is 0 Å². The molecule has 0 aromatic rings. The van der Waals surface area contributed by atoms with E-state index < -0.39 is 0 Å². The van der Waals surface area contributed by atoms with E-state index in [0.29, 0.717) is 26.3 Å². The largest absolute Gasteiger partial charge is 1.00 e.